The Morgan fingerprint density at radius 2 is 1.77 bits per heavy atom. The van der Waals surface area contributed by atoms with Crippen LogP contribution in [0.4, 0.5) is 13.2 Å². The van der Waals surface area contributed by atoms with Crippen LogP contribution < -0.4 is 10.1 Å². The number of carbonyl (C=O) groups excluding carboxylic acids is 2. The van der Waals surface area contributed by atoms with E-state index in [1.165, 1.54) is 12.3 Å². The molecule has 2 aliphatic carbocycles. The lowest BCUT2D eigenvalue weighted by molar-refractivity contribution is -0.156. The number of amides is 1. The topological polar surface area (TPSA) is 77.5 Å². The minimum atomic E-state index is -4.48. The highest BCUT2D eigenvalue weighted by atomic mass is 19.4. The first-order valence-electron chi connectivity index (χ1n) is 10.5. The molecule has 1 aromatic heterocycles. The Morgan fingerprint density at radius 3 is 2.29 bits per heavy atom. The van der Waals surface area contributed by atoms with Crippen molar-refractivity contribution in [1.82, 2.24) is 10.3 Å². The van der Waals surface area contributed by atoms with E-state index in [1.54, 1.807) is 27.7 Å². The Labute approximate surface area is 179 Å². The molecule has 2 saturated carbocycles. The van der Waals surface area contributed by atoms with E-state index in [0.29, 0.717) is 5.56 Å². The molecule has 172 valence electrons. The molecule has 1 N–H and O–H groups in total. The van der Waals surface area contributed by atoms with Crippen LogP contribution in [0, 0.1) is 5.92 Å². The quantitative estimate of drug-likeness (QED) is 0.599. The second-order valence-electron chi connectivity index (χ2n) is 9.69. The summed E-state index contributed by atoms with van der Waals surface area (Å²) >= 11 is 0. The van der Waals surface area contributed by atoms with Crippen LogP contribution in [0.5, 0.6) is 5.75 Å². The van der Waals surface area contributed by atoms with Crippen LogP contribution in [0.2, 0.25) is 0 Å². The molecule has 1 unspecified atom stereocenters. The van der Waals surface area contributed by atoms with Crippen LogP contribution in [-0.4, -0.2) is 40.8 Å². The van der Waals surface area contributed by atoms with Gasteiger partial charge in [0, 0.05) is 17.8 Å². The highest BCUT2D eigenvalue weighted by Crippen LogP contribution is 2.45. The minimum absolute atomic E-state index is 0.00172. The van der Waals surface area contributed by atoms with E-state index in [-0.39, 0.29) is 29.7 Å². The molecule has 0 aliphatic heterocycles. The van der Waals surface area contributed by atoms with Crippen LogP contribution >= 0.6 is 0 Å². The molecular formula is C22H29F3N2O4. The Kier molecular flexibility index (Phi) is 6.26. The molecule has 1 aromatic rings. The molecule has 1 amide bonds. The third kappa shape index (κ3) is 6.83. The summed E-state index contributed by atoms with van der Waals surface area (Å²) in [5, 5.41) is 2.87. The van der Waals surface area contributed by atoms with Gasteiger partial charge in [0.25, 0.3) is 5.91 Å². The fourth-order valence-corrected chi connectivity index (χ4v) is 3.57. The highest BCUT2D eigenvalue weighted by molar-refractivity contribution is 5.93. The molecule has 0 aromatic carbocycles. The lowest BCUT2D eigenvalue weighted by Gasteiger charge is -2.31. The number of hydrogen-bond donors (Lipinski definition) is 1. The van der Waals surface area contributed by atoms with Crippen molar-refractivity contribution >= 4 is 11.9 Å². The normalized spacial score (nSPS) is 18.8. The van der Waals surface area contributed by atoms with Gasteiger partial charge in [0.1, 0.15) is 17.0 Å². The number of esters is 1. The molecule has 31 heavy (non-hydrogen) atoms. The van der Waals surface area contributed by atoms with Crippen molar-refractivity contribution < 1.29 is 32.2 Å². The van der Waals surface area contributed by atoms with Crippen molar-refractivity contribution in [2.45, 2.75) is 83.0 Å². The van der Waals surface area contributed by atoms with Gasteiger partial charge in [0.05, 0.1) is 12.0 Å². The fraction of sp³-hybridized carbons (Fsp3) is 0.682. The molecule has 2 fully saturated rings. The predicted octanol–water partition coefficient (Wildman–Crippen LogP) is 4.53. The summed E-state index contributed by atoms with van der Waals surface area (Å²) in [6, 6.07) is 1.26. The lowest BCUT2D eigenvalue weighted by Crippen LogP contribution is -2.50. The Morgan fingerprint density at radius 1 is 1.13 bits per heavy atom. The lowest BCUT2D eigenvalue weighted by atomic mass is 9.91. The van der Waals surface area contributed by atoms with E-state index in [9.17, 15) is 22.8 Å². The summed E-state index contributed by atoms with van der Waals surface area (Å²) in [5.41, 5.74) is -0.933. The minimum Gasteiger partial charge on any atom is -0.484 e. The maximum absolute atomic E-state index is 12.9. The molecule has 0 spiro atoms. The third-order valence-electron chi connectivity index (χ3n) is 5.35. The number of rotatable bonds is 8. The summed E-state index contributed by atoms with van der Waals surface area (Å²) in [4.78, 5) is 29.4. The average molecular weight is 442 g/mol. The van der Waals surface area contributed by atoms with Crippen LogP contribution in [0.15, 0.2) is 12.3 Å². The van der Waals surface area contributed by atoms with Crippen molar-refractivity contribution in [3.8, 4) is 5.75 Å². The molecule has 0 bridgehead atoms. The maximum Gasteiger partial charge on any atom is 0.422 e. The van der Waals surface area contributed by atoms with Crippen molar-refractivity contribution in [1.29, 1.82) is 0 Å². The van der Waals surface area contributed by atoms with E-state index in [1.807, 2.05) is 0 Å². The molecule has 2 aliphatic rings. The Balaban J connectivity index is 1.75. The first kappa shape index (κ1) is 23.3. The largest absolute Gasteiger partial charge is 0.484 e. The summed E-state index contributed by atoms with van der Waals surface area (Å²) in [7, 11) is 0. The standard InChI is InChI=1S/C22H29F3N2O4/c1-20(2,3)31-18(28)10-21(4,14-7-8-14)27-19(29)16-9-17(30-12-22(23,24)25)15(11-26-16)13-5-6-13/h9,11,13-14H,5-8,10,12H2,1-4H3,(H,27,29). The van der Waals surface area contributed by atoms with Crippen molar-refractivity contribution in [2.24, 2.45) is 5.92 Å². The summed E-state index contributed by atoms with van der Waals surface area (Å²) in [6.45, 7) is 5.66. The number of carbonyl (C=O) groups is 2. The smallest absolute Gasteiger partial charge is 0.422 e. The van der Waals surface area contributed by atoms with Crippen LogP contribution in [0.1, 0.15) is 81.8 Å². The monoisotopic (exact) mass is 442 g/mol. The van der Waals surface area contributed by atoms with Crippen molar-refractivity contribution in [3.63, 3.8) is 0 Å². The highest BCUT2D eigenvalue weighted by Gasteiger charge is 2.45. The maximum atomic E-state index is 12.9. The summed E-state index contributed by atoms with van der Waals surface area (Å²) < 4.78 is 48.3. The van der Waals surface area contributed by atoms with E-state index in [0.717, 1.165) is 25.7 Å². The van der Waals surface area contributed by atoms with Crippen LogP contribution in [0.3, 0.4) is 0 Å². The Bertz CT molecular complexity index is 842. The van der Waals surface area contributed by atoms with E-state index >= 15 is 0 Å². The van der Waals surface area contributed by atoms with Gasteiger partial charge in [0.15, 0.2) is 6.61 Å². The van der Waals surface area contributed by atoms with E-state index < -0.39 is 35.8 Å². The van der Waals surface area contributed by atoms with Crippen molar-refractivity contribution in [3.05, 3.63) is 23.5 Å². The average Bonchev–Trinajstić information content (AvgIpc) is 3.50. The van der Waals surface area contributed by atoms with Gasteiger partial charge in [-0.15, -0.1) is 0 Å². The predicted molar refractivity (Wildman–Crippen MR) is 107 cm³/mol. The first-order valence-corrected chi connectivity index (χ1v) is 10.5. The van der Waals surface area contributed by atoms with Gasteiger partial charge in [-0.25, -0.2) is 0 Å². The number of alkyl halides is 3. The van der Waals surface area contributed by atoms with Gasteiger partial charge < -0.3 is 14.8 Å². The molecule has 0 radical (unpaired) electrons. The first-order chi connectivity index (χ1) is 14.3. The van der Waals surface area contributed by atoms with E-state index in [2.05, 4.69) is 10.3 Å². The molecule has 3 rings (SSSR count). The van der Waals surface area contributed by atoms with Crippen LogP contribution in [-0.2, 0) is 9.53 Å². The number of nitrogens with one attached hydrogen (secondary N) is 1. The van der Waals surface area contributed by atoms with Crippen LogP contribution in [0.25, 0.3) is 0 Å². The fourth-order valence-electron chi connectivity index (χ4n) is 3.57. The second-order valence-corrected chi connectivity index (χ2v) is 9.69. The zero-order chi connectivity index (χ0) is 23.0. The third-order valence-corrected chi connectivity index (χ3v) is 5.35. The zero-order valence-corrected chi connectivity index (χ0v) is 18.3. The number of hydrogen-bond acceptors (Lipinski definition) is 5. The van der Waals surface area contributed by atoms with Gasteiger partial charge in [-0.3, -0.25) is 14.6 Å². The second kappa shape index (κ2) is 8.31. The number of pyridine rings is 1. The zero-order valence-electron chi connectivity index (χ0n) is 18.3. The number of aromatic nitrogens is 1. The van der Waals surface area contributed by atoms with Crippen molar-refractivity contribution in [2.75, 3.05) is 6.61 Å². The Hall–Kier alpha value is -2.32. The molecular weight excluding hydrogens is 413 g/mol. The summed E-state index contributed by atoms with van der Waals surface area (Å²) in [6.07, 6.45) is 0.376. The van der Waals surface area contributed by atoms with Gasteiger partial charge >= 0.3 is 12.1 Å². The molecule has 1 heterocycles. The molecule has 1 atom stereocenters. The van der Waals surface area contributed by atoms with E-state index in [4.69, 9.17) is 9.47 Å². The van der Waals surface area contributed by atoms with Gasteiger partial charge in [0.2, 0.25) is 0 Å². The van der Waals surface area contributed by atoms with Gasteiger partial charge in [-0.1, -0.05) is 0 Å². The SMILES string of the molecule is CC(C)(C)OC(=O)CC(C)(NC(=O)c1cc(OCC(F)(F)F)c(C2CC2)cn1)C1CC1. The molecule has 9 heteroatoms. The van der Waals surface area contributed by atoms with Gasteiger partial charge in [-0.2, -0.15) is 13.2 Å². The molecule has 0 saturated heterocycles. The number of ether oxygens (including phenoxy) is 2. The molecule has 6 nitrogen and oxygen atoms in total. The number of nitrogens with zero attached hydrogens (tertiary/aromatic N) is 1. The number of halogens is 3. The summed E-state index contributed by atoms with van der Waals surface area (Å²) in [5.74, 6) is -0.724. The van der Waals surface area contributed by atoms with Gasteiger partial charge in [-0.05, 0) is 65.2 Å².